The summed E-state index contributed by atoms with van der Waals surface area (Å²) in [5, 5.41) is 0.00541. The Kier molecular flexibility index (Phi) is 2.45. The fourth-order valence-electron chi connectivity index (χ4n) is 1.85. The predicted octanol–water partition coefficient (Wildman–Crippen LogP) is 1.82. The Bertz CT molecular complexity index is 719. The van der Waals surface area contributed by atoms with Gasteiger partial charge in [0.25, 0.3) is 10.0 Å². The number of halogens is 1. The van der Waals surface area contributed by atoms with E-state index in [1.165, 1.54) is 4.40 Å². The van der Waals surface area contributed by atoms with Crippen LogP contribution in [-0.4, -0.2) is 23.3 Å². The molecule has 96 valence electrons. The highest BCUT2D eigenvalue weighted by Crippen LogP contribution is 2.36. The lowest BCUT2D eigenvalue weighted by molar-refractivity contribution is 0.553. The molecule has 3 rings (SSSR count). The number of hydrogen-bond donors (Lipinski definition) is 1. The molecule has 0 radical (unpaired) electrons. The highest BCUT2D eigenvalue weighted by atomic mass is 35.5. The van der Waals surface area contributed by atoms with Crippen LogP contribution >= 0.6 is 11.6 Å². The Hall–Kier alpha value is -1.11. The molecule has 0 aromatic carbocycles. The fourth-order valence-corrected chi connectivity index (χ4v) is 3.96. The van der Waals surface area contributed by atoms with Gasteiger partial charge in [0.2, 0.25) is 0 Å². The average Bonchev–Trinajstić information content (AvgIpc) is 2.88. The van der Waals surface area contributed by atoms with Crippen molar-refractivity contribution in [2.75, 3.05) is 0 Å². The number of nitrogens with one attached hydrogen (secondary N) is 1. The Morgan fingerprint density at radius 1 is 1.44 bits per heavy atom. The maximum atomic E-state index is 12.3. The van der Waals surface area contributed by atoms with Gasteiger partial charge in [0.1, 0.15) is 5.65 Å². The standard InChI is InChI=1S/C11H12ClN3O2S/c1-11(5-6-11)14-18(16,17)10-9(12)13-8-4-2-3-7-15(8)10/h2-4,7,14H,5-6H2,1H3. The van der Waals surface area contributed by atoms with Crippen LogP contribution in [-0.2, 0) is 10.0 Å². The van der Waals surface area contributed by atoms with Gasteiger partial charge < -0.3 is 0 Å². The number of hydrogen-bond acceptors (Lipinski definition) is 3. The van der Waals surface area contributed by atoms with Crippen molar-refractivity contribution < 1.29 is 8.42 Å². The van der Waals surface area contributed by atoms with E-state index in [0.717, 1.165) is 12.8 Å². The zero-order valence-corrected chi connectivity index (χ0v) is 11.3. The largest absolute Gasteiger partial charge is 0.288 e. The number of aromatic nitrogens is 2. The van der Waals surface area contributed by atoms with Crippen LogP contribution in [0.3, 0.4) is 0 Å². The SMILES string of the molecule is CC1(NS(=O)(=O)c2c(Cl)nc3ccccn23)CC1. The molecule has 0 atom stereocenters. The zero-order valence-electron chi connectivity index (χ0n) is 9.72. The number of fused-ring (bicyclic) bond motifs is 1. The second-order valence-electron chi connectivity index (χ2n) is 4.80. The van der Waals surface area contributed by atoms with Crippen LogP contribution in [0.4, 0.5) is 0 Å². The minimum Gasteiger partial charge on any atom is -0.288 e. The maximum Gasteiger partial charge on any atom is 0.260 e. The minimum absolute atomic E-state index is 0.00190. The molecule has 1 fully saturated rings. The van der Waals surface area contributed by atoms with Crippen LogP contribution in [0.25, 0.3) is 5.65 Å². The summed E-state index contributed by atoms with van der Waals surface area (Å²) >= 11 is 5.95. The number of rotatable bonds is 3. The van der Waals surface area contributed by atoms with Crippen LogP contribution in [0, 0.1) is 0 Å². The van der Waals surface area contributed by atoms with Crippen molar-refractivity contribution >= 4 is 27.3 Å². The molecular formula is C11H12ClN3O2S. The zero-order chi connectivity index (χ0) is 13.0. The Balaban J connectivity index is 2.16. The molecule has 0 unspecified atom stereocenters. The summed E-state index contributed by atoms with van der Waals surface area (Å²) in [5.74, 6) is 0. The third kappa shape index (κ3) is 1.90. The Morgan fingerprint density at radius 3 is 2.83 bits per heavy atom. The van der Waals surface area contributed by atoms with E-state index in [1.54, 1.807) is 24.4 Å². The van der Waals surface area contributed by atoms with Gasteiger partial charge in [-0.25, -0.2) is 18.1 Å². The third-order valence-corrected chi connectivity index (χ3v) is 5.12. The molecule has 5 nitrogen and oxygen atoms in total. The van der Waals surface area contributed by atoms with Gasteiger partial charge in [0, 0.05) is 11.7 Å². The summed E-state index contributed by atoms with van der Waals surface area (Å²) in [6.07, 6.45) is 3.33. The molecular weight excluding hydrogens is 274 g/mol. The molecule has 0 aliphatic heterocycles. The average molecular weight is 286 g/mol. The normalized spacial score (nSPS) is 18.1. The van der Waals surface area contributed by atoms with Crippen molar-refractivity contribution in [2.45, 2.75) is 30.3 Å². The van der Waals surface area contributed by atoms with Gasteiger partial charge in [0.05, 0.1) is 0 Å². The lowest BCUT2D eigenvalue weighted by atomic mass is 10.4. The molecule has 2 aromatic heterocycles. The highest BCUT2D eigenvalue weighted by Gasteiger charge is 2.42. The van der Waals surface area contributed by atoms with E-state index in [9.17, 15) is 8.42 Å². The summed E-state index contributed by atoms with van der Waals surface area (Å²) in [5.41, 5.74) is 0.185. The number of nitrogens with zero attached hydrogens (tertiary/aromatic N) is 2. The van der Waals surface area contributed by atoms with E-state index in [4.69, 9.17) is 11.6 Å². The van der Waals surface area contributed by atoms with Gasteiger partial charge in [-0.05, 0) is 31.9 Å². The van der Waals surface area contributed by atoms with Crippen LogP contribution < -0.4 is 4.72 Å². The molecule has 1 aliphatic rings. The second-order valence-corrected chi connectivity index (χ2v) is 6.76. The quantitative estimate of drug-likeness (QED) is 0.935. The molecule has 1 aliphatic carbocycles. The molecule has 0 saturated heterocycles. The van der Waals surface area contributed by atoms with Crippen molar-refractivity contribution in [1.82, 2.24) is 14.1 Å². The molecule has 0 spiro atoms. The van der Waals surface area contributed by atoms with Crippen molar-refractivity contribution in [3.63, 3.8) is 0 Å². The van der Waals surface area contributed by atoms with Gasteiger partial charge in [-0.1, -0.05) is 17.7 Å². The van der Waals surface area contributed by atoms with E-state index in [-0.39, 0.29) is 15.7 Å². The van der Waals surface area contributed by atoms with Crippen LogP contribution in [0.15, 0.2) is 29.4 Å². The van der Waals surface area contributed by atoms with E-state index in [0.29, 0.717) is 5.65 Å². The van der Waals surface area contributed by atoms with Crippen LogP contribution in [0.1, 0.15) is 19.8 Å². The van der Waals surface area contributed by atoms with Crippen molar-refractivity contribution in [1.29, 1.82) is 0 Å². The third-order valence-electron chi connectivity index (χ3n) is 3.08. The molecule has 0 bridgehead atoms. The lowest BCUT2D eigenvalue weighted by Crippen LogP contribution is -2.35. The Morgan fingerprint density at radius 2 is 2.17 bits per heavy atom. The summed E-state index contributed by atoms with van der Waals surface area (Å²) < 4.78 is 28.8. The van der Waals surface area contributed by atoms with Gasteiger partial charge in [-0.2, -0.15) is 0 Å². The van der Waals surface area contributed by atoms with Gasteiger partial charge in [-0.15, -0.1) is 0 Å². The molecule has 2 heterocycles. The molecule has 7 heteroatoms. The monoisotopic (exact) mass is 285 g/mol. The second kappa shape index (κ2) is 3.69. The number of imidazole rings is 1. The van der Waals surface area contributed by atoms with Crippen LogP contribution in [0.5, 0.6) is 0 Å². The maximum absolute atomic E-state index is 12.3. The molecule has 0 amide bonds. The van der Waals surface area contributed by atoms with Gasteiger partial charge in [-0.3, -0.25) is 4.40 Å². The number of sulfonamides is 1. The van der Waals surface area contributed by atoms with Crippen molar-refractivity contribution in [3.05, 3.63) is 29.5 Å². The first kappa shape index (κ1) is 12.0. The minimum atomic E-state index is -3.65. The fraction of sp³-hybridized carbons (Fsp3) is 0.364. The van der Waals surface area contributed by atoms with Crippen molar-refractivity contribution in [3.8, 4) is 0 Å². The molecule has 1 N–H and O–H groups in total. The molecule has 18 heavy (non-hydrogen) atoms. The molecule has 2 aromatic rings. The lowest BCUT2D eigenvalue weighted by Gasteiger charge is -2.11. The first-order chi connectivity index (χ1) is 8.41. The van der Waals surface area contributed by atoms with E-state index >= 15 is 0 Å². The Labute approximate surface area is 110 Å². The van der Waals surface area contributed by atoms with Gasteiger partial charge in [0.15, 0.2) is 10.2 Å². The summed E-state index contributed by atoms with van der Waals surface area (Å²) in [6.45, 7) is 1.88. The van der Waals surface area contributed by atoms with Crippen molar-refractivity contribution in [2.24, 2.45) is 0 Å². The topological polar surface area (TPSA) is 63.5 Å². The predicted molar refractivity (Wildman–Crippen MR) is 68.2 cm³/mol. The van der Waals surface area contributed by atoms with E-state index in [2.05, 4.69) is 9.71 Å². The number of pyridine rings is 1. The summed E-state index contributed by atoms with van der Waals surface area (Å²) in [4.78, 5) is 4.04. The summed E-state index contributed by atoms with van der Waals surface area (Å²) in [7, 11) is -3.65. The van der Waals surface area contributed by atoms with Gasteiger partial charge >= 0.3 is 0 Å². The highest BCUT2D eigenvalue weighted by molar-refractivity contribution is 7.89. The first-order valence-corrected chi connectivity index (χ1v) is 7.44. The smallest absolute Gasteiger partial charge is 0.260 e. The van der Waals surface area contributed by atoms with E-state index in [1.807, 2.05) is 6.92 Å². The van der Waals surface area contributed by atoms with E-state index < -0.39 is 10.0 Å². The summed E-state index contributed by atoms with van der Waals surface area (Å²) in [6, 6.07) is 5.23. The van der Waals surface area contributed by atoms with Crippen LogP contribution in [0.2, 0.25) is 5.15 Å². The molecule has 1 saturated carbocycles. The first-order valence-electron chi connectivity index (χ1n) is 5.58.